The number of piperidine rings is 1. The molecule has 2 heterocycles. The quantitative estimate of drug-likeness (QED) is 0.376. The van der Waals surface area contributed by atoms with E-state index in [2.05, 4.69) is 14.9 Å². The Bertz CT molecular complexity index is 844. The van der Waals surface area contributed by atoms with Crippen molar-refractivity contribution in [1.29, 1.82) is 0 Å². The Morgan fingerprint density at radius 2 is 1.53 bits per heavy atom. The summed E-state index contributed by atoms with van der Waals surface area (Å²) in [4.78, 5) is 9.96. The molecule has 0 radical (unpaired) electrons. The third kappa shape index (κ3) is 7.92. The first-order valence-electron chi connectivity index (χ1n) is 10.3. The van der Waals surface area contributed by atoms with E-state index in [1.54, 1.807) is 6.92 Å². The van der Waals surface area contributed by atoms with Crippen molar-refractivity contribution in [3.8, 4) is 0 Å². The number of alkyl halides is 6. The van der Waals surface area contributed by atoms with Gasteiger partial charge < -0.3 is 4.90 Å². The lowest BCUT2D eigenvalue weighted by molar-refractivity contribution is -0.141. The molecule has 0 amide bonds. The molecule has 2 aliphatic rings. The van der Waals surface area contributed by atoms with Crippen LogP contribution in [0.1, 0.15) is 41.9 Å². The van der Waals surface area contributed by atoms with Crippen molar-refractivity contribution >= 4 is 12.4 Å². The monoisotopic (exact) mass is 481 g/mol. The molecule has 1 aromatic carbocycles. The van der Waals surface area contributed by atoms with Crippen molar-refractivity contribution in [1.82, 2.24) is 14.9 Å². The minimum atomic E-state index is -4.38. The molecule has 0 bridgehead atoms. The zero-order valence-electron chi connectivity index (χ0n) is 17.6. The lowest BCUT2D eigenvalue weighted by Gasteiger charge is -2.16. The first-order chi connectivity index (χ1) is 14.5. The summed E-state index contributed by atoms with van der Waals surface area (Å²) < 4.78 is 73.3. The fourth-order valence-corrected chi connectivity index (χ4v) is 3.72. The smallest absolute Gasteiger partial charge is 0.303 e. The molecule has 2 aromatic rings. The van der Waals surface area contributed by atoms with Crippen molar-refractivity contribution in [2.24, 2.45) is 11.8 Å². The summed E-state index contributed by atoms with van der Waals surface area (Å²) in [6, 6.07) is 5.97. The van der Waals surface area contributed by atoms with Gasteiger partial charge in [-0.1, -0.05) is 17.7 Å². The Morgan fingerprint density at radius 3 is 2.09 bits per heavy atom. The van der Waals surface area contributed by atoms with Crippen LogP contribution in [0.2, 0.25) is 0 Å². The van der Waals surface area contributed by atoms with Crippen LogP contribution in [0.15, 0.2) is 36.5 Å². The Labute approximate surface area is 189 Å². The molecule has 0 spiro atoms. The summed E-state index contributed by atoms with van der Waals surface area (Å²) in [6.07, 6.45) is -3.65. The van der Waals surface area contributed by atoms with Gasteiger partial charge in [-0.3, -0.25) is 0 Å². The molecule has 1 aliphatic heterocycles. The van der Waals surface area contributed by atoms with Crippen molar-refractivity contribution in [2.45, 2.75) is 45.0 Å². The van der Waals surface area contributed by atoms with Crippen LogP contribution in [0, 0.1) is 18.8 Å². The van der Waals surface area contributed by atoms with Gasteiger partial charge in [0.2, 0.25) is 0 Å². The molecule has 3 nitrogen and oxygen atoms in total. The van der Waals surface area contributed by atoms with E-state index < -0.39 is 23.6 Å². The topological polar surface area (TPSA) is 29.0 Å². The number of hydrogen-bond acceptors (Lipinski definition) is 3. The molecule has 0 N–H and O–H groups in total. The van der Waals surface area contributed by atoms with Crippen LogP contribution in [-0.2, 0) is 18.8 Å². The van der Waals surface area contributed by atoms with Crippen molar-refractivity contribution in [3.05, 3.63) is 59.2 Å². The van der Waals surface area contributed by atoms with Crippen molar-refractivity contribution in [3.63, 3.8) is 0 Å². The molecule has 1 aromatic heterocycles. The number of halogens is 7. The van der Waals surface area contributed by atoms with E-state index in [0.29, 0.717) is 12.2 Å². The van der Waals surface area contributed by atoms with Gasteiger partial charge in [0.25, 0.3) is 0 Å². The number of nitrogens with zero attached hydrogens (tertiary/aromatic N) is 3. The number of rotatable bonds is 5. The minimum Gasteiger partial charge on any atom is -0.303 e. The molecule has 10 heteroatoms. The van der Waals surface area contributed by atoms with Gasteiger partial charge in [0.05, 0.1) is 5.56 Å². The molecule has 2 fully saturated rings. The number of unbranched alkanes of at least 4 members (excludes halogenated alkanes) is 1. The molecular formula is C22H26ClF6N3. The van der Waals surface area contributed by atoms with Gasteiger partial charge in [0.1, 0.15) is 11.5 Å². The Morgan fingerprint density at radius 1 is 0.906 bits per heavy atom. The summed E-state index contributed by atoms with van der Waals surface area (Å²) in [5.74, 6) is 2.16. The second-order valence-electron chi connectivity index (χ2n) is 8.19. The molecule has 178 valence electrons. The Hall–Kier alpha value is -1.87. The number of hydrogen-bond donors (Lipinski definition) is 0. The van der Waals surface area contributed by atoms with Crippen LogP contribution < -0.4 is 0 Å². The first kappa shape index (κ1) is 26.4. The predicted molar refractivity (Wildman–Crippen MR) is 111 cm³/mol. The fourth-order valence-electron chi connectivity index (χ4n) is 3.72. The normalized spacial score (nSPS) is 20.1. The summed E-state index contributed by atoms with van der Waals surface area (Å²) >= 11 is 0. The molecule has 1 saturated heterocycles. The van der Waals surface area contributed by atoms with Gasteiger partial charge in [-0.15, -0.1) is 12.4 Å². The fraction of sp³-hybridized carbons (Fsp3) is 0.545. The lowest BCUT2D eigenvalue weighted by atomic mass is 10.1. The maximum Gasteiger partial charge on any atom is 0.433 e. The second-order valence-corrected chi connectivity index (χ2v) is 8.19. The van der Waals surface area contributed by atoms with E-state index in [4.69, 9.17) is 0 Å². The highest BCUT2D eigenvalue weighted by Crippen LogP contribution is 2.44. The Kier molecular flexibility index (Phi) is 8.93. The maximum atomic E-state index is 12.5. The highest BCUT2D eigenvalue weighted by molar-refractivity contribution is 5.85. The van der Waals surface area contributed by atoms with Crippen LogP contribution in [0.4, 0.5) is 26.3 Å². The number of likely N-dealkylation sites (tertiary alicyclic amines) is 1. The van der Waals surface area contributed by atoms with E-state index in [0.717, 1.165) is 55.0 Å². The average molecular weight is 482 g/mol. The van der Waals surface area contributed by atoms with E-state index in [9.17, 15) is 26.3 Å². The summed E-state index contributed by atoms with van der Waals surface area (Å²) in [5, 5.41) is 0. The minimum absolute atomic E-state index is 0. The molecule has 4 rings (SSSR count). The number of fused-ring (bicyclic) bond motifs is 1. The molecule has 1 saturated carbocycles. The number of aryl methyl sites for hydroxylation is 2. The van der Waals surface area contributed by atoms with Crippen molar-refractivity contribution < 1.29 is 26.3 Å². The van der Waals surface area contributed by atoms with Crippen LogP contribution in [0.25, 0.3) is 0 Å². The van der Waals surface area contributed by atoms with Gasteiger partial charge >= 0.3 is 12.4 Å². The average Bonchev–Trinajstić information content (AvgIpc) is 3.31. The molecule has 32 heavy (non-hydrogen) atoms. The largest absolute Gasteiger partial charge is 0.433 e. The van der Waals surface area contributed by atoms with Crippen molar-refractivity contribution in [2.75, 3.05) is 19.6 Å². The third-order valence-corrected chi connectivity index (χ3v) is 5.55. The van der Waals surface area contributed by atoms with Gasteiger partial charge in [-0.2, -0.15) is 26.3 Å². The SMILES string of the molecule is Cc1ccc(C(F)(F)F)cc1.Cl.FC(F)(F)c1ccnc(CCCCN2CC3CC3C2)n1. The van der Waals surface area contributed by atoms with Crippen LogP contribution in [0.5, 0.6) is 0 Å². The lowest BCUT2D eigenvalue weighted by Crippen LogP contribution is -2.23. The van der Waals surface area contributed by atoms with Gasteiger partial charge in [0.15, 0.2) is 0 Å². The highest BCUT2D eigenvalue weighted by atomic mass is 35.5. The standard InChI is InChI=1S/C14H18F3N3.C8H7F3.ClH/c15-14(16,17)12-4-5-18-13(19-12)3-1-2-6-20-8-10-7-11(10)9-20;1-6-2-4-7(5-3-6)8(9,10)11;/h4-5,10-11H,1-3,6-9H2;2-5H,1H3;1H. The second kappa shape index (κ2) is 10.8. The first-order valence-corrected chi connectivity index (χ1v) is 10.3. The van der Waals surface area contributed by atoms with E-state index in [1.807, 2.05) is 0 Å². The molecule has 2 unspecified atom stereocenters. The van der Waals surface area contributed by atoms with Crippen LogP contribution >= 0.6 is 12.4 Å². The highest BCUT2D eigenvalue weighted by Gasteiger charge is 2.44. The molecule has 2 atom stereocenters. The van der Waals surface area contributed by atoms with E-state index in [-0.39, 0.29) is 12.4 Å². The van der Waals surface area contributed by atoms with Gasteiger partial charge in [0, 0.05) is 25.7 Å². The van der Waals surface area contributed by atoms with E-state index >= 15 is 0 Å². The summed E-state index contributed by atoms with van der Waals surface area (Å²) in [5.41, 5.74) is -0.608. The van der Waals surface area contributed by atoms with Gasteiger partial charge in [-0.05, 0) is 62.8 Å². The van der Waals surface area contributed by atoms with Crippen LogP contribution in [-0.4, -0.2) is 34.5 Å². The molecule has 1 aliphatic carbocycles. The van der Waals surface area contributed by atoms with Crippen LogP contribution in [0.3, 0.4) is 0 Å². The zero-order chi connectivity index (χ0) is 22.6. The Balaban J connectivity index is 0.000000259. The number of benzene rings is 1. The van der Waals surface area contributed by atoms with Gasteiger partial charge in [-0.25, -0.2) is 9.97 Å². The predicted octanol–water partition coefficient (Wildman–Crippen LogP) is 6.21. The summed E-state index contributed by atoms with van der Waals surface area (Å²) in [6.45, 7) is 5.22. The summed E-state index contributed by atoms with van der Waals surface area (Å²) in [7, 11) is 0. The van der Waals surface area contributed by atoms with E-state index in [1.165, 1.54) is 37.8 Å². The number of aromatic nitrogens is 2. The third-order valence-electron chi connectivity index (χ3n) is 5.55. The molecular weight excluding hydrogens is 456 g/mol. The maximum absolute atomic E-state index is 12.5. The zero-order valence-corrected chi connectivity index (χ0v) is 18.4.